The summed E-state index contributed by atoms with van der Waals surface area (Å²) in [6.07, 6.45) is 0.952. The monoisotopic (exact) mass is 409 g/mol. The highest BCUT2D eigenvalue weighted by Gasteiger charge is 2.36. The van der Waals surface area contributed by atoms with Crippen molar-refractivity contribution >= 4 is 17.0 Å². The van der Waals surface area contributed by atoms with E-state index in [1.54, 1.807) is 35.2 Å². The van der Waals surface area contributed by atoms with Gasteiger partial charge in [0.1, 0.15) is 22.6 Å². The molecule has 2 aromatic carbocycles. The normalized spacial score (nSPS) is 16.8. The molecule has 0 saturated carbocycles. The highest BCUT2D eigenvalue weighted by atomic mass is 19.1. The number of nitrogens with zero attached hydrogens (tertiary/aromatic N) is 3. The molecule has 3 aromatic rings. The molecule has 4 rings (SSSR count). The van der Waals surface area contributed by atoms with Crippen LogP contribution in [0.15, 0.2) is 53.3 Å². The Labute approximate surface area is 173 Å². The Bertz CT molecular complexity index is 1150. The van der Waals surface area contributed by atoms with Gasteiger partial charge in [0.05, 0.1) is 17.2 Å². The summed E-state index contributed by atoms with van der Waals surface area (Å²) in [7, 11) is 0. The van der Waals surface area contributed by atoms with Crippen LogP contribution in [-0.4, -0.2) is 32.7 Å². The zero-order valence-electron chi connectivity index (χ0n) is 17.3. The van der Waals surface area contributed by atoms with Crippen LogP contribution in [0.3, 0.4) is 0 Å². The quantitative estimate of drug-likeness (QED) is 0.621. The summed E-state index contributed by atoms with van der Waals surface area (Å²) in [6.45, 7) is 5.94. The molecule has 2 heterocycles. The number of aromatic nitrogens is 2. The lowest BCUT2D eigenvalue weighted by molar-refractivity contribution is 0.0216. The number of carbonyl (C=O) groups excluding carboxylic acids is 1. The molecule has 1 amide bonds. The highest BCUT2D eigenvalue weighted by molar-refractivity contribution is 5.79. The van der Waals surface area contributed by atoms with E-state index in [-0.39, 0.29) is 10.9 Å². The van der Waals surface area contributed by atoms with Crippen LogP contribution < -0.4 is 5.56 Å². The number of para-hydroxylation sites is 1. The van der Waals surface area contributed by atoms with Gasteiger partial charge < -0.3 is 4.74 Å². The van der Waals surface area contributed by atoms with E-state index in [9.17, 15) is 14.0 Å². The molecule has 1 unspecified atom stereocenters. The Morgan fingerprint density at radius 3 is 2.57 bits per heavy atom. The average Bonchev–Trinajstić information content (AvgIpc) is 3.17. The lowest BCUT2D eigenvalue weighted by atomic mass is 10.1. The first-order chi connectivity index (χ1) is 14.3. The van der Waals surface area contributed by atoms with Crippen LogP contribution >= 0.6 is 0 Å². The number of carbonyl (C=O) groups is 1. The number of likely N-dealkylation sites (tertiary alicyclic amines) is 1. The molecule has 1 aliphatic heterocycles. The molecule has 1 atom stereocenters. The topological polar surface area (TPSA) is 64.4 Å². The Balaban J connectivity index is 1.92. The minimum absolute atomic E-state index is 0.0630. The van der Waals surface area contributed by atoms with Gasteiger partial charge in [0.2, 0.25) is 0 Å². The summed E-state index contributed by atoms with van der Waals surface area (Å²) >= 11 is 0. The van der Waals surface area contributed by atoms with Crippen molar-refractivity contribution in [3.8, 4) is 5.69 Å². The maximum absolute atomic E-state index is 14.5. The summed E-state index contributed by atoms with van der Waals surface area (Å²) in [5.74, 6) is -0.204. The molecule has 1 saturated heterocycles. The van der Waals surface area contributed by atoms with Gasteiger partial charge >= 0.3 is 6.09 Å². The zero-order chi connectivity index (χ0) is 21.5. The fourth-order valence-electron chi connectivity index (χ4n) is 3.83. The van der Waals surface area contributed by atoms with Crippen LogP contribution in [0, 0.1) is 5.82 Å². The van der Waals surface area contributed by atoms with Crippen molar-refractivity contribution in [2.24, 2.45) is 0 Å². The molecular weight excluding hydrogens is 385 g/mol. The smallest absolute Gasteiger partial charge is 0.410 e. The Kier molecular flexibility index (Phi) is 5.05. The summed E-state index contributed by atoms with van der Waals surface area (Å²) in [5.41, 5.74) is -0.275. The van der Waals surface area contributed by atoms with E-state index in [1.165, 1.54) is 16.7 Å². The van der Waals surface area contributed by atoms with Gasteiger partial charge in [-0.3, -0.25) is 14.3 Å². The number of hydrogen-bond acceptors (Lipinski definition) is 4. The van der Waals surface area contributed by atoms with Gasteiger partial charge in [0.15, 0.2) is 0 Å². The van der Waals surface area contributed by atoms with E-state index < -0.39 is 29.1 Å². The number of amides is 1. The van der Waals surface area contributed by atoms with Crippen molar-refractivity contribution < 1.29 is 13.9 Å². The molecule has 0 spiro atoms. The van der Waals surface area contributed by atoms with Crippen molar-refractivity contribution in [1.82, 2.24) is 14.5 Å². The molecule has 1 aromatic heterocycles. The Morgan fingerprint density at radius 1 is 1.13 bits per heavy atom. The largest absolute Gasteiger partial charge is 0.444 e. The summed E-state index contributed by atoms with van der Waals surface area (Å²) < 4.78 is 21.5. The van der Waals surface area contributed by atoms with Gasteiger partial charge in [-0.1, -0.05) is 24.3 Å². The molecule has 0 bridgehead atoms. The van der Waals surface area contributed by atoms with Crippen molar-refractivity contribution in [1.29, 1.82) is 0 Å². The predicted octanol–water partition coefficient (Wildman–Crippen LogP) is 4.60. The van der Waals surface area contributed by atoms with Crippen LogP contribution in [0.4, 0.5) is 9.18 Å². The lowest BCUT2D eigenvalue weighted by Gasteiger charge is -2.29. The van der Waals surface area contributed by atoms with Crippen molar-refractivity contribution in [3.63, 3.8) is 0 Å². The molecule has 6 nitrogen and oxygen atoms in total. The van der Waals surface area contributed by atoms with Gasteiger partial charge in [-0.05, 0) is 57.9 Å². The molecule has 7 heteroatoms. The van der Waals surface area contributed by atoms with E-state index in [4.69, 9.17) is 4.74 Å². The molecular formula is C23H24FN3O3. The minimum atomic E-state index is -0.636. The first-order valence-corrected chi connectivity index (χ1v) is 10.0. The number of hydrogen-bond donors (Lipinski definition) is 0. The highest BCUT2D eigenvalue weighted by Crippen LogP contribution is 2.33. The first-order valence-electron chi connectivity index (χ1n) is 10.0. The second-order valence-corrected chi connectivity index (χ2v) is 8.41. The van der Waals surface area contributed by atoms with Gasteiger partial charge in [0.25, 0.3) is 5.56 Å². The van der Waals surface area contributed by atoms with Crippen molar-refractivity contribution in [3.05, 3.63) is 70.5 Å². The van der Waals surface area contributed by atoms with E-state index in [1.807, 2.05) is 26.8 Å². The number of fused-ring (bicyclic) bond motifs is 1. The lowest BCUT2D eigenvalue weighted by Crippen LogP contribution is -2.38. The van der Waals surface area contributed by atoms with E-state index >= 15 is 0 Å². The Morgan fingerprint density at radius 2 is 1.87 bits per heavy atom. The van der Waals surface area contributed by atoms with Gasteiger partial charge in [0, 0.05) is 6.54 Å². The van der Waals surface area contributed by atoms with E-state index in [0.717, 1.165) is 6.42 Å². The number of benzene rings is 2. The molecule has 1 fully saturated rings. The summed E-state index contributed by atoms with van der Waals surface area (Å²) in [4.78, 5) is 32.5. The third kappa shape index (κ3) is 3.67. The number of rotatable bonds is 2. The predicted molar refractivity (Wildman–Crippen MR) is 112 cm³/mol. The number of halogens is 1. The second-order valence-electron chi connectivity index (χ2n) is 8.41. The van der Waals surface area contributed by atoms with Crippen LogP contribution in [0.5, 0.6) is 0 Å². The molecule has 156 valence electrons. The van der Waals surface area contributed by atoms with E-state index in [0.29, 0.717) is 24.5 Å². The SMILES string of the molecule is CC(C)(C)OC(=O)N1CCCC1c1nc2cccc(F)c2c(=O)n1-c1ccccc1. The van der Waals surface area contributed by atoms with Crippen LogP contribution in [0.1, 0.15) is 45.5 Å². The van der Waals surface area contributed by atoms with Crippen LogP contribution in [0.2, 0.25) is 0 Å². The average molecular weight is 409 g/mol. The number of ether oxygens (including phenoxy) is 1. The molecule has 0 aliphatic carbocycles. The molecule has 0 N–H and O–H groups in total. The Hall–Kier alpha value is -3.22. The maximum atomic E-state index is 14.5. The van der Waals surface area contributed by atoms with Crippen molar-refractivity contribution in [2.75, 3.05) is 6.54 Å². The van der Waals surface area contributed by atoms with Gasteiger partial charge in [-0.2, -0.15) is 0 Å². The standard InChI is InChI=1S/C23H24FN3O3/c1-23(2,3)30-22(29)26-14-8-13-18(26)20-25-17-12-7-11-16(24)19(17)21(28)27(20)15-9-5-4-6-10-15/h4-7,9-12,18H,8,13-14H2,1-3H3. The fraction of sp³-hybridized carbons (Fsp3) is 0.348. The van der Waals surface area contributed by atoms with Gasteiger partial charge in [-0.25, -0.2) is 14.2 Å². The second kappa shape index (κ2) is 7.55. The van der Waals surface area contributed by atoms with E-state index in [2.05, 4.69) is 4.98 Å². The van der Waals surface area contributed by atoms with Crippen LogP contribution in [0.25, 0.3) is 16.6 Å². The summed E-state index contributed by atoms with van der Waals surface area (Å²) in [6, 6.07) is 12.9. The first kappa shape index (κ1) is 20.1. The minimum Gasteiger partial charge on any atom is -0.444 e. The van der Waals surface area contributed by atoms with Gasteiger partial charge in [-0.15, -0.1) is 0 Å². The summed E-state index contributed by atoms with van der Waals surface area (Å²) in [5, 5.41) is -0.0630. The van der Waals surface area contributed by atoms with Crippen molar-refractivity contribution in [2.45, 2.75) is 45.3 Å². The molecule has 30 heavy (non-hydrogen) atoms. The van der Waals surface area contributed by atoms with Crippen LogP contribution in [-0.2, 0) is 4.74 Å². The molecule has 1 aliphatic rings. The fourth-order valence-corrected chi connectivity index (χ4v) is 3.83. The third-order valence-corrected chi connectivity index (χ3v) is 5.07. The maximum Gasteiger partial charge on any atom is 0.410 e. The molecule has 0 radical (unpaired) electrons. The zero-order valence-corrected chi connectivity index (χ0v) is 17.3. The third-order valence-electron chi connectivity index (χ3n) is 5.07.